The number of hydrogen-bond donors (Lipinski definition) is 0. The lowest BCUT2D eigenvalue weighted by Gasteiger charge is -2.42. The van der Waals surface area contributed by atoms with Gasteiger partial charge in [-0.3, -0.25) is 9.59 Å². The molecule has 0 saturated carbocycles. The van der Waals surface area contributed by atoms with Gasteiger partial charge in [-0.2, -0.15) is 0 Å². The molecule has 132 valence electrons. The molecule has 26 heavy (non-hydrogen) atoms. The van der Waals surface area contributed by atoms with Gasteiger partial charge in [-0.1, -0.05) is 0 Å². The first kappa shape index (κ1) is 15.4. The van der Waals surface area contributed by atoms with Gasteiger partial charge in [0.1, 0.15) is 5.65 Å². The van der Waals surface area contributed by atoms with E-state index in [2.05, 4.69) is 11.1 Å². The third-order valence-corrected chi connectivity index (χ3v) is 5.73. The van der Waals surface area contributed by atoms with Crippen LogP contribution in [0.1, 0.15) is 25.0 Å². The number of amides is 1. The number of carbonyl (C=O) groups excluding carboxylic acids is 1. The molecule has 0 aliphatic carbocycles. The van der Waals surface area contributed by atoms with Crippen LogP contribution in [-0.2, 0) is 11.3 Å². The van der Waals surface area contributed by atoms with Crippen LogP contribution in [0.15, 0.2) is 47.7 Å². The number of likely N-dealkylation sites (tertiary alicyclic amines) is 1. The maximum atomic E-state index is 12.8. The Kier molecular flexibility index (Phi) is 3.29. The third-order valence-electron chi connectivity index (χ3n) is 5.73. The van der Waals surface area contributed by atoms with Crippen molar-refractivity contribution in [3.63, 3.8) is 0 Å². The molecule has 1 fully saturated rings. The first-order valence-corrected chi connectivity index (χ1v) is 9.02. The molecule has 0 radical (unpaired) electrons. The number of fused-ring (bicyclic) bond motifs is 5. The van der Waals surface area contributed by atoms with Crippen LogP contribution in [0.5, 0.6) is 0 Å². The topological polar surface area (TPSA) is 59.6 Å². The Morgan fingerprint density at radius 1 is 1.12 bits per heavy atom. The molecule has 6 nitrogen and oxygen atoms in total. The fraction of sp³-hybridized carbons (Fsp3) is 0.350. The highest BCUT2D eigenvalue weighted by molar-refractivity contribution is 5.73. The van der Waals surface area contributed by atoms with E-state index < -0.39 is 0 Å². The summed E-state index contributed by atoms with van der Waals surface area (Å²) in [6.07, 6.45) is 6.67. The van der Waals surface area contributed by atoms with Crippen LogP contribution in [0.4, 0.5) is 0 Å². The highest BCUT2D eigenvalue weighted by atomic mass is 16.2. The van der Waals surface area contributed by atoms with Crippen molar-refractivity contribution < 1.29 is 4.79 Å². The first-order valence-electron chi connectivity index (χ1n) is 9.02. The number of pyridine rings is 2. The second-order valence-electron chi connectivity index (χ2n) is 7.45. The minimum Gasteiger partial charge on any atom is -0.342 e. The van der Waals surface area contributed by atoms with E-state index in [9.17, 15) is 9.59 Å². The molecule has 2 atom stereocenters. The Morgan fingerprint density at radius 2 is 2.00 bits per heavy atom. The molecule has 0 spiro atoms. The molecular weight excluding hydrogens is 328 g/mol. The molecule has 5 heterocycles. The normalized spacial score (nSPS) is 21.7. The minimum atomic E-state index is 0.0479. The van der Waals surface area contributed by atoms with Gasteiger partial charge in [0, 0.05) is 62.8 Å². The van der Waals surface area contributed by atoms with E-state index in [1.807, 2.05) is 38.4 Å². The molecule has 0 aromatic carbocycles. The molecule has 2 bridgehead atoms. The maximum Gasteiger partial charge on any atom is 0.251 e. The summed E-state index contributed by atoms with van der Waals surface area (Å²) in [6, 6.07) is 7.86. The van der Waals surface area contributed by atoms with Gasteiger partial charge in [-0.25, -0.2) is 4.98 Å². The lowest BCUT2D eigenvalue weighted by molar-refractivity contribution is -0.131. The zero-order chi connectivity index (χ0) is 17.8. The molecular formula is C20H20N4O2. The van der Waals surface area contributed by atoms with E-state index in [0.717, 1.165) is 35.4 Å². The Balaban J connectivity index is 1.60. The summed E-state index contributed by atoms with van der Waals surface area (Å²) >= 11 is 0. The van der Waals surface area contributed by atoms with Gasteiger partial charge in [-0.15, -0.1) is 0 Å². The van der Waals surface area contributed by atoms with Crippen LogP contribution >= 0.6 is 0 Å². The van der Waals surface area contributed by atoms with Crippen molar-refractivity contribution in [1.82, 2.24) is 18.9 Å². The molecule has 3 aromatic rings. The number of hydrogen-bond acceptors (Lipinski definition) is 3. The fourth-order valence-electron chi connectivity index (χ4n) is 4.47. The molecule has 0 unspecified atom stereocenters. The molecule has 5 rings (SSSR count). The van der Waals surface area contributed by atoms with E-state index in [0.29, 0.717) is 19.0 Å². The molecule has 2 aliphatic rings. The van der Waals surface area contributed by atoms with Gasteiger partial charge < -0.3 is 13.9 Å². The molecule has 3 aromatic heterocycles. The van der Waals surface area contributed by atoms with Crippen LogP contribution < -0.4 is 5.56 Å². The summed E-state index contributed by atoms with van der Waals surface area (Å²) < 4.78 is 3.86. The predicted molar refractivity (Wildman–Crippen MR) is 98.0 cm³/mol. The number of rotatable bonds is 1. The SMILES string of the molecule is CC(=O)N1C[C@@H]2C[C@H](C1)c1cc(-c3ccn4ccnc4c3)cc(=O)n1C2. The van der Waals surface area contributed by atoms with Crippen molar-refractivity contribution in [3.8, 4) is 11.1 Å². The Labute approximate surface area is 150 Å². The number of carbonyl (C=O) groups is 1. The highest BCUT2D eigenvalue weighted by Gasteiger charge is 2.35. The summed E-state index contributed by atoms with van der Waals surface area (Å²) in [4.78, 5) is 30.9. The zero-order valence-corrected chi connectivity index (χ0v) is 14.6. The van der Waals surface area contributed by atoms with Gasteiger partial charge in [-0.05, 0) is 41.7 Å². The van der Waals surface area contributed by atoms with E-state index in [4.69, 9.17) is 0 Å². The number of nitrogens with zero attached hydrogens (tertiary/aromatic N) is 4. The molecule has 6 heteroatoms. The number of piperidine rings is 1. The van der Waals surface area contributed by atoms with Gasteiger partial charge >= 0.3 is 0 Å². The summed E-state index contributed by atoms with van der Waals surface area (Å²) in [5.41, 5.74) is 3.88. The smallest absolute Gasteiger partial charge is 0.251 e. The van der Waals surface area contributed by atoms with Crippen molar-refractivity contribution in [1.29, 1.82) is 0 Å². The third kappa shape index (κ3) is 2.36. The fourth-order valence-corrected chi connectivity index (χ4v) is 4.47. The summed E-state index contributed by atoms with van der Waals surface area (Å²) in [5, 5.41) is 0. The van der Waals surface area contributed by atoms with Crippen molar-refractivity contribution in [2.45, 2.75) is 25.8 Å². The molecule has 2 aliphatic heterocycles. The van der Waals surface area contributed by atoms with E-state index >= 15 is 0 Å². The first-order chi connectivity index (χ1) is 12.6. The van der Waals surface area contributed by atoms with Crippen LogP contribution in [0.25, 0.3) is 16.8 Å². The van der Waals surface area contributed by atoms with Crippen LogP contribution in [-0.4, -0.2) is 37.8 Å². The zero-order valence-electron chi connectivity index (χ0n) is 14.6. The van der Waals surface area contributed by atoms with E-state index in [1.165, 1.54) is 0 Å². The summed E-state index contributed by atoms with van der Waals surface area (Å²) in [7, 11) is 0. The standard InChI is InChI=1S/C20H20N4O2/c1-13(25)23-10-14-6-17(12-23)18-7-16(9-20(26)24(18)11-14)15-2-4-22-5-3-21-19(22)8-15/h2-5,7-9,14,17H,6,10-12H2,1H3/t14-,17+/m0/s1. The Bertz CT molecular complexity index is 1080. The van der Waals surface area contributed by atoms with Crippen molar-refractivity contribution in [2.75, 3.05) is 13.1 Å². The quantitative estimate of drug-likeness (QED) is 0.677. The van der Waals surface area contributed by atoms with Crippen LogP contribution in [0.2, 0.25) is 0 Å². The Hall–Kier alpha value is -2.89. The van der Waals surface area contributed by atoms with Gasteiger partial charge in [0.25, 0.3) is 5.56 Å². The lowest BCUT2D eigenvalue weighted by atomic mass is 9.82. The average molecular weight is 348 g/mol. The average Bonchev–Trinajstić information content (AvgIpc) is 3.10. The van der Waals surface area contributed by atoms with Crippen LogP contribution in [0, 0.1) is 5.92 Å². The number of aromatic nitrogens is 3. The minimum absolute atomic E-state index is 0.0479. The van der Waals surface area contributed by atoms with Gasteiger partial charge in [0.2, 0.25) is 5.91 Å². The van der Waals surface area contributed by atoms with Gasteiger partial charge in [0.15, 0.2) is 0 Å². The second kappa shape index (κ2) is 5.56. The summed E-state index contributed by atoms with van der Waals surface area (Å²) in [5.74, 6) is 0.723. The van der Waals surface area contributed by atoms with Crippen molar-refractivity contribution >= 4 is 11.6 Å². The van der Waals surface area contributed by atoms with Crippen LogP contribution in [0.3, 0.4) is 0 Å². The van der Waals surface area contributed by atoms with Crippen molar-refractivity contribution in [2.24, 2.45) is 5.92 Å². The van der Waals surface area contributed by atoms with E-state index in [1.54, 1.807) is 19.2 Å². The number of imidazole rings is 1. The van der Waals surface area contributed by atoms with Gasteiger partial charge in [0.05, 0.1) is 0 Å². The Morgan fingerprint density at radius 3 is 2.85 bits per heavy atom. The lowest BCUT2D eigenvalue weighted by Crippen LogP contribution is -2.48. The molecule has 0 N–H and O–H groups in total. The predicted octanol–water partition coefficient (Wildman–Crippen LogP) is 2.13. The van der Waals surface area contributed by atoms with Crippen molar-refractivity contribution in [3.05, 3.63) is 58.9 Å². The monoisotopic (exact) mass is 348 g/mol. The van der Waals surface area contributed by atoms with E-state index in [-0.39, 0.29) is 17.4 Å². The molecule has 1 amide bonds. The second-order valence-corrected chi connectivity index (χ2v) is 7.45. The maximum absolute atomic E-state index is 12.8. The summed E-state index contributed by atoms with van der Waals surface area (Å²) in [6.45, 7) is 3.79. The molecule has 1 saturated heterocycles. The highest BCUT2D eigenvalue weighted by Crippen LogP contribution is 2.36. The largest absolute Gasteiger partial charge is 0.342 e.